The maximum atomic E-state index is 12.2. The van der Waals surface area contributed by atoms with E-state index in [0.29, 0.717) is 17.4 Å². The van der Waals surface area contributed by atoms with Gasteiger partial charge in [-0.2, -0.15) is 5.10 Å². The second-order valence-corrected chi connectivity index (χ2v) is 5.93. The number of amides is 1. The van der Waals surface area contributed by atoms with Gasteiger partial charge >= 0.3 is 5.97 Å². The normalized spacial score (nSPS) is 14.9. The van der Waals surface area contributed by atoms with Crippen LogP contribution in [-0.4, -0.2) is 33.8 Å². The summed E-state index contributed by atoms with van der Waals surface area (Å²) >= 11 is 0. The van der Waals surface area contributed by atoms with Crippen LogP contribution in [0.5, 0.6) is 5.75 Å². The van der Waals surface area contributed by atoms with E-state index < -0.39 is 5.97 Å². The number of ether oxygens (including phenoxy) is 1. The molecule has 1 saturated carbocycles. The highest BCUT2D eigenvalue weighted by Crippen LogP contribution is 2.39. The number of aromatic nitrogens is 2. The Morgan fingerprint density at radius 2 is 2.08 bits per heavy atom. The van der Waals surface area contributed by atoms with E-state index >= 15 is 0 Å². The van der Waals surface area contributed by atoms with E-state index in [9.17, 15) is 9.59 Å². The lowest BCUT2D eigenvalue weighted by Gasteiger charge is -2.14. The molecule has 0 spiro atoms. The topological polar surface area (TPSA) is 104 Å². The van der Waals surface area contributed by atoms with Crippen LogP contribution >= 0.6 is 0 Å². The molecule has 2 aromatic rings. The number of rotatable bonds is 7. The molecule has 1 amide bonds. The van der Waals surface area contributed by atoms with Crippen molar-refractivity contribution in [3.05, 3.63) is 47.3 Å². The third kappa shape index (κ3) is 3.92. The molecule has 1 aromatic heterocycles. The fraction of sp³-hybridized carbons (Fsp3) is 0.353. The Morgan fingerprint density at radius 1 is 1.38 bits per heavy atom. The number of carboxylic acids is 1. The molecule has 1 atom stereocenters. The molecule has 1 fully saturated rings. The van der Waals surface area contributed by atoms with Crippen molar-refractivity contribution >= 4 is 11.9 Å². The van der Waals surface area contributed by atoms with Crippen LogP contribution in [0.4, 0.5) is 0 Å². The molecule has 24 heavy (non-hydrogen) atoms. The monoisotopic (exact) mass is 329 g/mol. The van der Waals surface area contributed by atoms with Crippen LogP contribution in [-0.2, 0) is 4.79 Å². The molecule has 1 aliphatic rings. The molecule has 0 bridgehead atoms. The molecule has 1 aliphatic carbocycles. The largest absolute Gasteiger partial charge is 0.482 e. The van der Waals surface area contributed by atoms with Crippen molar-refractivity contribution in [2.75, 3.05) is 6.61 Å². The Morgan fingerprint density at radius 3 is 2.71 bits per heavy atom. The second-order valence-electron chi connectivity index (χ2n) is 5.93. The van der Waals surface area contributed by atoms with Gasteiger partial charge in [0.05, 0.1) is 6.04 Å². The van der Waals surface area contributed by atoms with Gasteiger partial charge in [-0.05, 0) is 43.5 Å². The van der Waals surface area contributed by atoms with Gasteiger partial charge in [0.1, 0.15) is 11.4 Å². The van der Waals surface area contributed by atoms with Gasteiger partial charge in [-0.1, -0.05) is 12.1 Å². The van der Waals surface area contributed by atoms with Gasteiger partial charge in [-0.3, -0.25) is 9.89 Å². The molecule has 0 radical (unpaired) electrons. The van der Waals surface area contributed by atoms with Crippen molar-refractivity contribution in [3.63, 3.8) is 0 Å². The molecule has 7 heteroatoms. The molecule has 1 unspecified atom stereocenters. The maximum absolute atomic E-state index is 12.2. The van der Waals surface area contributed by atoms with E-state index in [4.69, 9.17) is 9.84 Å². The number of carbonyl (C=O) groups excluding carboxylic acids is 1. The standard InChI is InChI=1S/C17H19N3O4/c1-10(11-4-6-13(7-5-11)24-9-16(21)22)18-17(23)15-8-14(19-20-15)12-2-3-12/h4-8,10,12H,2-3,9H2,1H3,(H,18,23)(H,19,20)(H,21,22). The summed E-state index contributed by atoms with van der Waals surface area (Å²) in [6.45, 7) is 1.49. The van der Waals surface area contributed by atoms with E-state index in [-0.39, 0.29) is 18.6 Å². The summed E-state index contributed by atoms with van der Waals surface area (Å²) in [5.74, 6) is -0.253. The number of hydrogen-bond donors (Lipinski definition) is 3. The minimum atomic E-state index is -1.02. The summed E-state index contributed by atoms with van der Waals surface area (Å²) in [5, 5.41) is 18.5. The van der Waals surface area contributed by atoms with Gasteiger partial charge in [0.15, 0.2) is 6.61 Å². The van der Waals surface area contributed by atoms with Crippen LogP contribution < -0.4 is 10.1 Å². The average Bonchev–Trinajstić information content (AvgIpc) is 3.30. The molecule has 3 N–H and O–H groups in total. The van der Waals surface area contributed by atoms with Gasteiger partial charge in [0, 0.05) is 11.6 Å². The molecule has 1 heterocycles. The van der Waals surface area contributed by atoms with E-state index in [2.05, 4.69) is 15.5 Å². The zero-order valence-electron chi connectivity index (χ0n) is 13.3. The highest BCUT2D eigenvalue weighted by atomic mass is 16.5. The van der Waals surface area contributed by atoms with Crippen LogP contribution in [0.3, 0.4) is 0 Å². The molecule has 1 aromatic carbocycles. The summed E-state index contributed by atoms with van der Waals surface area (Å²) in [7, 11) is 0. The predicted octanol–water partition coefficient (Wildman–Crippen LogP) is 2.24. The number of nitrogens with zero attached hydrogens (tertiary/aromatic N) is 1. The number of nitrogens with one attached hydrogen (secondary N) is 2. The van der Waals surface area contributed by atoms with E-state index in [1.807, 2.05) is 13.0 Å². The van der Waals surface area contributed by atoms with Gasteiger partial charge in [-0.15, -0.1) is 0 Å². The minimum absolute atomic E-state index is 0.202. The van der Waals surface area contributed by atoms with Crippen molar-refractivity contribution < 1.29 is 19.4 Å². The van der Waals surface area contributed by atoms with Gasteiger partial charge in [-0.25, -0.2) is 4.79 Å². The lowest BCUT2D eigenvalue weighted by Crippen LogP contribution is -2.26. The lowest BCUT2D eigenvalue weighted by molar-refractivity contribution is -0.139. The highest BCUT2D eigenvalue weighted by Gasteiger charge is 2.26. The molecule has 126 valence electrons. The van der Waals surface area contributed by atoms with Crippen molar-refractivity contribution in [1.29, 1.82) is 0 Å². The van der Waals surface area contributed by atoms with Crippen LogP contribution in [0.2, 0.25) is 0 Å². The number of carbonyl (C=O) groups is 2. The Labute approximate surface area is 139 Å². The zero-order valence-corrected chi connectivity index (χ0v) is 13.3. The molecule has 7 nitrogen and oxygen atoms in total. The maximum Gasteiger partial charge on any atom is 0.341 e. The molecule has 3 rings (SSSR count). The number of benzene rings is 1. The number of aromatic amines is 1. The first-order valence-electron chi connectivity index (χ1n) is 7.83. The zero-order chi connectivity index (χ0) is 17.1. The second kappa shape index (κ2) is 6.74. The Kier molecular flexibility index (Phi) is 4.50. The van der Waals surface area contributed by atoms with Crippen LogP contribution in [0, 0.1) is 0 Å². The summed E-state index contributed by atoms with van der Waals surface area (Å²) < 4.78 is 5.08. The van der Waals surface area contributed by atoms with Crippen molar-refractivity contribution in [2.24, 2.45) is 0 Å². The molecule has 0 aliphatic heterocycles. The number of aliphatic carboxylic acids is 1. The summed E-state index contributed by atoms with van der Waals surface area (Å²) in [6, 6.07) is 8.56. The highest BCUT2D eigenvalue weighted by molar-refractivity contribution is 5.92. The van der Waals surface area contributed by atoms with Gasteiger partial charge in [0.2, 0.25) is 0 Å². The SMILES string of the molecule is CC(NC(=O)c1cc(C2CC2)[nH]n1)c1ccc(OCC(=O)O)cc1. The molecular formula is C17H19N3O4. The van der Waals surface area contributed by atoms with Crippen molar-refractivity contribution in [3.8, 4) is 5.75 Å². The summed E-state index contributed by atoms with van der Waals surface area (Å²) in [6.07, 6.45) is 2.30. The van der Waals surface area contributed by atoms with Gasteiger partial charge < -0.3 is 15.2 Å². The minimum Gasteiger partial charge on any atom is -0.482 e. The third-order valence-corrected chi connectivity index (χ3v) is 3.94. The fourth-order valence-corrected chi connectivity index (χ4v) is 2.41. The lowest BCUT2D eigenvalue weighted by atomic mass is 10.1. The summed E-state index contributed by atoms with van der Waals surface area (Å²) in [4.78, 5) is 22.7. The number of hydrogen-bond acceptors (Lipinski definition) is 4. The van der Waals surface area contributed by atoms with Crippen molar-refractivity contribution in [1.82, 2.24) is 15.5 Å². The molecule has 0 saturated heterocycles. The van der Waals surface area contributed by atoms with Crippen LogP contribution in [0.25, 0.3) is 0 Å². The quantitative estimate of drug-likeness (QED) is 0.722. The number of carboxylic acid groups (broad SMARTS) is 1. The number of H-pyrrole nitrogens is 1. The molecular weight excluding hydrogens is 310 g/mol. The van der Waals surface area contributed by atoms with E-state index in [1.54, 1.807) is 24.3 Å². The Hall–Kier alpha value is -2.83. The smallest absolute Gasteiger partial charge is 0.341 e. The first-order chi connectivity index (χ1) is 11.5. The van der Waals surface area contributed by atoms with E-state index in [1.165, 1.54) is 0 Å². The first-order valence-corrected chi connectivity index (χ1v) is 7.83. The Bertz CT molecular complexity index is 735. The summed E-state index contributed by atoms with van der Waals surface area (Å²) in [5.41, 5.74) is 2.31. The third-order valence-electron chi connectivity index (χ3n) is 3.94. The fourth-order valence-electron chi connectivity index (χ4n) is 2.41. The predicted molar refractivity (Wildman–Crippen MR) is 86.0 cm³/mol. The van der Waals surface area contributed by atoms with Crippen molar-refractivity contribution in [2.45, 2.75) is 31.7 Å². The Balaban J connectivity index is 1.57. The van der Waals surface area contributed by atoms with Crippen LogP contribution in [0.15, 0.2) is 30.3 Å². The average molecular weight is 329 g/mol. The van der Waals surface area contributed by atoms with Crippen LogP contribution in [0.1, 0.15) is 53.5 Å². The first kappa shape index (κ1) is 16.0. The van der Waals surface area contributed by atoms with Gasteiger partial charge in [0.25, 0.3) is 5.91 Å². The van der Waals surface area contributed by atoms with E-state index in [0.717, 1.165) is 24.1 Å².